The molecule has 1 heterocycles. The van der Waals surface area contributed by atoms with Gasteiger partial charge in [0.2, 0.25) is 11.8 Å². The number of nitrogens with one attached hydrogen (secondary N) is 3. The molecule has 0 aromatic heterocycles. The van der Waals surface area contributed by atoms with Crippen LogP contribution in [0.5, 0.6) is 0 Å². The van der Waals surface area contributed by atoms with Crippen LogP contribution >= 0.6 is 24.0 Å². The lowest BCUT2D eigenvalue weighted by Crippen LogP contribution is -2.47. The second kappa shape index (κ2) is 11.2. The summed E-state index contributed by atoms with van der Waals surface area (Å²) in [6.45, 7) is 1.62. The van der Waals surface area contributed by atoms with Gasteiger partial charge in [-0.25, -0.2) is 0 Å². The highest BCUT2D eigenvalue weighted by atomic mass is 127. The van der Waals surface area contributed by atoms with E-state index in [9.17, 15) is 9.59 Å². The molecular weight excluding hydrogens is 469 g/mol. The normalized spacial score (nSPS) is 19.8. The minimum atomic E-state index is -0.131. The number of anilines is 1. The maximum absolute atomic E-state index is 12.5. The number of amides is 2. The first-order valence-electron chi connectivity index (χ1n) is 9.76. The third kappa shape index (κ3) is 6.35. The van der Waals surface area contributed by atoms with Gasteiger partial charge in [-0.2, -0.15) is 0 Å². The number of rotatable bonds is 5. The van der Waals surface area contributed by atoms with Crippen LogP contribution in [0, 0.1) is 5.92 Å². The number of likely N-dealkylation sites (tertiary alicyclic amines) is 1. The summed E-state index contributed by atoms with van der Waals surface area (Å²) >= 11 is 0. The fourth-order valence-electron chi connectivity index (χ4n) is 3.79. The third-order valence-electron chi connectivity index (χ3n) is 5.24. The number of guanidine groups is 1. The van der Waals surface area contributed by atoms with Crippen molar-refractivity contribution in [3.63, 3.8) is 0 Å². The summed E-state index contributed by atoms with van der Waals surface area (Å²) < 4.78 is 0. The van der Waals surface area contributed by atoms with Gasteiger partial charge in [0.1, 0.15) is 0 Å². The molecule has 1 aromatic rings. The van der Waals surface area contributed by atoms with Crippen LogP contribution in [-0.2, 0) is 9.59 Å². The molecule has 2 amide bonds. The molecule has 1 saturated heterocycles. The highest BCUT2D eigenvalue weighted by Gasteiger charge is 2.32. The van der Waals surface area contributed by atoms with Gasteiger partial charge >= 0.3 is 0 Å². The first kappa shape index (κ1) is 22.4. The number of nitrogens with zero attached hydrogens (tertiary/aromatic N) is 2. The molecular formula is C20H30IN5O2. The molecule has 7 nitrogen and oxygen atoms in total. The van der Waals surface area contributed by atoms with Crippen LogP contribution in [0.3, 0.4) is 0 Å². The number of hydrogen-bond donors (Lipinski definition) is 3. The standard InChI is InChI=1S/C20H29N5O2.HI/c1-21-20(22-13-18(26)23-16-9-3-2-4-10-16)24-17-11-12-25(14-17)19(27)15-7-5-6-8-15;/h2-4,9-10,15,17H,5-8,11-14H2,1H3,(H,23,26)(H2,21,22,24);1H. The summed E-state index contributed by atoms with van der Waals surface area (Å²) in [5, 5.41) is 9.20. The fraction of sp³-hybridized carbons (Fsp3) is 0.550. The van der Waals surface area contributed by atoms with Crippen molar-refractivity contribution in [2.24, 2.45) is 10.9 Å². The summed E-state index contributed by atoms with van der Waals surface area (Å²) in [6, 6.07) is 9.52. The molecule has 1 atom stereocenters. The number of carbonyl (C=O) groups excluding carboxylic acids is 2. The molecule has 154 valence electrons. The smallest absolute Gasteiger partial charge is 0.243 e. The van der Waals surface area contributed by atoms with Crippen molar-refractivity contribution in [1.29, 1.82) is 0 Å². The lowest BCUT2D eigenvalue weighted by atomic mass is 10.1. The van der Waals surface area contributed by atoms with Crippen LogP contribution in [0.4, 0.5) is 5.69 Å². The van der Waals surface area contributed by atoms with E-state index in [4.69, 9.17) is 0 Å². The zero-order chi connectivity index (χ0) is 19.1. The average molecular weight is 499 g/mol. The van der Waals surface area contributed by atoms with E-state index in [1.165, 1.54) is 12.8 Å². The fourth-order valence-corrected chi connectivity index (χ4v) is 3.79. The highest BCUT2D eigenvalue weighted by Crippen LogP contribution is 2.27. The second-order valence-electron chi connectivity index (χ2n) is 7.24. The molecule has 0 radical (unpaired) electrons. The van der Waals surface area contributed by atoms with Gasteiger partial charge in [-0.05, 0) is 31.4 Å². The van der Waals surface area contributed by atoms with E-state index in [-0.39, 0.29) is 48.4 Å². The molecule has 1 aliphatic heterocycles. The van der Waals surface area contributed by atoms with Gasteiger partial charge in [0, 0.05) is 37.8 Å². The Morgan fingerprint density at radius 3 is 2.54 bits per heavy atom. The minimum absolute atomic E-state index is 0. The van der Waals surface area contributed by atoms with Gasteiger partial charge in [-0.3, -0.25) is 14.6 Å². The Balaban J connectivity index is 0.00000280. The van der Waals surface area contributed by atoms with Crippen molar-refractivity contribution in [1.82, 2.24) is 15.5 Å². The molecule has 2 fully saturated rings. The number of carbonyl (C=O) groups is 2. The first-order valence-corrected chi connectivity index (χ1v) is 9.76. The zero-order valence-electron chi connectivity index (χ0n) is 16.3. The molecule has 1 saturated carbocycles. The average Bonchev–Trinajstić information content (AvgIpc) is 3.37. The van der Waals surface area contributed by atoms with Crippen LogP contribution < -0.4 is 16.0 Å². The van der Waals surface area contributed by atoms with Gasteiger partial charge < -0.3 is 20.9 Å². The Bertz CT molecular complexity index is 676. The Kier molecular flexibility index (Phi) is 9.01. The SMILES string of the molecule is CN=C(NCC(=O)Nc1ccccc1)NC1CCN(C(=O)C2CCCC2)C1.I. The molecule has 2 aliphatic rings. The largest absolute Gasteiger partial charge is 0.352 e. The quantitative estimate of drug-likeness (QED) is 0.330. The van der Waals surface area contributed by atoms with Gasteiger partial charge in [0.25, 0.3) is 0 Å². The molecule has 3 rings (SSSR count). The predicted molar refractivity (Wildman–Crippen MR) is 122 cm³/mol. The van der Waals surface area contributed by atoms with Crippen LogP contribution in [0.15, 0.2) is 35.3 Å². The Labute approximate surface area is 183 Å². The lowest BCUT2D eigenvalue weighted by molar-refractivity contribution is -0.134. The summed E-state index contributed by atoms with van der Waals surface area (Å²) in [5.74, 6) is 0.983. The van der Waals surface area contributed by atoms with Gasteiger partial charge in [-0.15, -0.1) is 24.0 Å². The molecule has 8 heteroatoms. The first-order chi connectivity index (χ1) is 13.2. The van der Waals surface area contributed by atoms with Crippen LogP contribution in [0.1, 0.15) is 32.1 Å². The molecule has 0 spiro atoms. The van der Waals surface area contributed by atoms with Crippen molar-refractivity contribution in [3.8, 4) is 0 Å². The van der Waals surface area contributed by atoms with Crippen molar-refractivity contribution in [2.75, 3.05) is 32.0 Å². The van der Waals surface area contributed by atoms with Gasteiger partial charge in [0.15, 0.2) is 5.96 Å². The Hall–Kier alpha value is -1.84. The second-order valence-corrected chi connectivity index (χ2v) is 7.24. The summed E-state index contributed by atoms with van der Waals surface area (Å²) in [6.07, 6.45) is 5.32. The van der Waals surface area contributed by atoms with E-state index in [1.54, 1.807) is 7.05 Å². The monoisotopic (exact) mass is 499 g/mol. The molecule has 28 heavy (non-hydrogen) atoms. The summed E-state index contributed by atoms with van der Waals surface area (Å²) in [5.41, 5.74) is 0.768. The number of halogens is 1. The number of benzene rings is 1. The van der Waals surface area contributed by atoms with Gasteiger partial charge in [-0.1, -0.05) is 31.0 Å². The molecule has 1 unspecified atom stereocenters. The number of aliphatic imine (C=N–C) groups is 1. The van der Waals surface area contributed by atoms with E-state index in [0.29, 0.717) is 18.4 Å². The summed E-state index contributed by atoms with van der Waals surface area (Å²) in [7, 11) is 1.68. The van der Waals surface area contributed by atoms with Crippen molar-refractivity contribution in [2.45, 2.75) is 38.1 Å². The van der Waals surface area contributed by atoms with E-state index >= 15 is 0 Å². The third-order valence-corrected chi connectivity index (χ3v) is 5.24. The number of hydrogen-bond acceptors (Lipinski definition) is 3. The maximum atomic E-state index is 12.5. The summed E-state index contributed by atoms with van der Waals surface area (Å²) in [4.78, 5) is 30.7. The Morgan fingerprint density at radius 2 is 1.86 bits per heavy atom. The van der Waals surface area contributed by atoms with Crippen molar-refractivity contribution in [3.05, 3.63) is 30.3 Å². The van der Waals surface area contributed by atoms with E-state index in [2.05, 4.69) is 20.9 Å². The molecule has 1 aliphatic carbocycles. The molecule has 1 aromatic carbocycles. The maximum Gasteiger partial charge on any atom is 0.243 e. The van der Waals surface area contributed by atoms with Crippen LogP contribution in [0.25, 0.3) is 0 Å². The molecule has 0 bridgehead atoms. The highest BCUT2D eigenvalue weighted by molar-refractivity contribution is 14.0. The Morgan fingerprint density at radius 1 is 1.14 bits per heavy atom. The zero-order valence-corrected chi connectivity index (χ0v) is 18.6. The molecule has 3 N–H and O–H groups in total. The predicted octanol–water partition coefficient (Wildman–Crippen LogP) is 2.20. The van der Waals surface area contributed by atoms with Crippen molar-refractivity contribution >= 4 is 47.4 Å². The number of para-hydroxylation sites is 1. The van der Waals surface area contributed by atoms with E-state index in [1.807, 2.05) is 35.2 Å². The topological polar surface area (TPSA) is 85.8 Å². The van der Waals surface area contributed by atoms with Crippen LogP contribution in [0.2, 0.25) is 0 Å². The van der Waals surface area contributed by atoms with Crippen molar-refractivity contribution < 1.29 is 9.59 Å². The van der Waals surface area contributed by atoms with E-state index in [0.717, 1.165) is 31.5 Å². The van der Waals surface area contributed by atoms with Crippen LogP contribution in [-0.4, -0.2) is 55.4 Å². The van der Waals surface area contributed by atoms with Gasteiger partial charge in [0.05, 0.1) is 6.54 Å². The lowest BCUT2D eigenvalue weighted by Gasteiger charge is -2.21. The van der Waals surface area contributed by atoms with E-state index < -0.39 is 0 Å². The minimum Gasteiger partial charge on any atom is -0.352 e.